The number of H-pyrrole nitrogens is 1. The van der Waals surface area contributed by atoms with Crippen LogP contribution in [0.3, 0.4) is 0 Å². The predicted molar refractivity (Wildman–Crippen MR) is 79.2 cm³/mol. The number of amides is 1. The van der Waals surface area contributed by atoms with Gasteiger partial charge >= 0.3 is 0 Å². The second-order valence-corrected chi connectivity index (χ2v) is 5.96. The van der Waals surface area contributed by atoms with Crippen molar-refractivity contribution in [1.82, 2.24) is 15.2 Å². The first-order chi connectivity index (χ1) is 10.3. The number of thiazole rings is 1. The van der Waals surface area contributed by atoms with E-state index in [1.165, 1.54) is 11.3 Å². The highest BCUT2D eigenvalue weighted by Crippen LogP contribution is 2.33. The summed E-state index contributed by atoms with van der Waals surface area (Å²) in [6, 6.07) is 3.74. The minimum Gasteiger partial charge on any atom is -0.467 e. The topological polar surface area (TPSA) is 95.8 Å². The minimum absolute atomic E-state index is 0.0597. The van der Waals surface area contributed by atoms with Crippen LogP contribution in [0, 0.1) is 5.92 Å². The summed E-state index contributed by atoms with van der Waals surface area (Å²) in [5.74, 6) is 1.77. The molecule has 0 atom stereocenters. The Bertz CT molecular complexity index is 772. The highest BCUT2D eigenvalue weighted by Gasteiger charge is 2.30. The molecule has 108 valence electrons. The van der Waals surface area contributed by atoms with Gasteiger partial charge in [0.2, 0.25) is 5.91 Å². The third kappa shape index (κ3) is 2.49. The summed E-state index contributed by atoms with van der Waals surface area (Å²) in [5.41, 5.74) is 0.674. The van der Waals surface area contributed by atoms with Crippen LogP contribution in [0.5, 0.6) is 0 Å². The molecule has 7 nitrogen and oxygen atoms in total. The number of carbonyl (C=O) groups is 1. The van der Waals surface area contributed by atoms with Crippen LogP contribution in [0.25, 0.3) is 10.3 Å². The van der Waals surface area contributed by atoms with Gasteiger partial charge in [-0.3, -0.25) is 9.89 Å². The monoisotopic (exact) mass is 303 g/mol. The van der Waals surface area contributed by atoms with Crippen LogP contribution in [0.1, 0.15) is 18.6 Å². The molecule has 0 aliphatic heterocycles. The predicted octanol–water partition coefficient (Wildman–Crippen LogP) is 2.57. The first-order valence-corrected chi connectivity index (χ1v) is 7.53. The van der Waals surface area contributed by atoms with Crippen LogP contribution < -0.4 is 10.6 Å². The maximum absolute atomic E-state index is 11.7. The Labute approximate surface area is 123 Å². The number of carbonyl (C=O) groups excluding carboxylic acids is 1. The second kappa shape index (κ2) is 4.88. The third-order valence-electron chi connectivity index (χ3n) is 3.30. The fourth-order valence-electron chi connectivity index (χ4n) is 2.03. The van der Waals surface area contributed by atoms with E-state index in [1.807, 2.05) is 12.1 Å². The Morgan fingerprint density at radius 1 is 1.52 bits per heavy atom. The molecule has 0 aromatic carbocycles. The Balaban J connectivity index is 1.50. The molecule has 3 aromatic heterocycles. The van der Waals surface area contributed by atoms with Crippen LogP contribution in [0.2, 0.25) is 0 Å². The Kier molecular flexibility index (Phi) is 2.88. The molecule has 21 heavy (non-hydrogen) atoms. The van der Waals surface area contributed by atoms with Gasteiger partial charge in [-0.2, -0.15) is 5.10 Å². The summed E-state index contributed by atoms with van der Waals surface area (Å²) in [7, 11) is 0. The lowest BCUT2D eigenvalue weighted by molar-refractivity contribution is -0.117. The smallest absolute Gasteiger partial charge is 0.229 e. The molecule has 1 saturated carbocycles. The van der Waals surface area contributed by atoms with E-state index >= 15 is 0 Å². The molecule has 0 unspecified atom stereocenters. The van der Waals surface area contributed by atoms with E-state index in [0.717, 1.165) is 23.3 Å². The molecule has 1 aliphatic carbocycles. The number of hydrogen-bond acceptors (Lipinski definition) is 6. The lowest BCUT2D eigenvalue weighted by Crippen LogP contribution is -2.12. The van der Waals surface area contributed by atoms with E-state index in [2.05, 4.69) is 25.8 Å². The number of aromatic amines is 1. The summed E-state index contributed by atoms with van der Waals surface area (Å²) >= 11 is 1.41. The van der Waals surface area contributed by atoms with Crippen molar-refractivity contribution < 1.29 is 9.21 Å². The first kappa shape index (κ1) is 12.4. The molecule has 3 aromatic rings. The number of hydrogen-bond donors (Lipinski definition) is 3. The first-order valence-electron chi connectivity index (χ1n) is 6.71. The van der Waals surface area contributed by atoms with Crippen molar-refractivity contribution in [1.29, 1.82) is 0 Å². The molecule has 0 bridgehead atoms. The van der Waals surface area contributed by atoms with Crippen molar-refractivity contribution in [3.05, 3.63) is 24.2 Å². The van der Waals surface area contributed by atoms with Crippen molar-refractivity contribution in [2.24, 2.45) is 5.92 Å². The summed E-state index contributed by atoms with van der Waals surface area (Å²) in [5, 5.41) is 13.7. The molecule has 0 saturated heterocycles. The summed E-state index contributed by atoms with van der Waals surface area (Å²) in [6.45, 7) is 0.550. The van der Waals surface area contributed by atoms with E-state index < -0.39 is 0 Å². The van der Waals surface area contributed by atoms with Gasteiger partial charge in [0.25, 0.3) is 0 Å². The zero-order chi connectivity index (χ0) is 14.2. The molecular weight excluding hydrogens is 290 g/mol. The molecule has 3 N–H and O–H groups in total. The van der Waals surface area contributed by atoms with E-state index in [1.54, 1.807) is 6.26 Å². The van der Waals surface area contributed by atoms with Gasteiger partial charge in [-0.1, -0.05) is 11.3 Å². The van der Waals surface area contributed by atoms with Gasteiger partial charge in [-0.25, -0.2) is 4.98 Å². The Morgan fingerprint density at radius 3 is 3.19 bits per heavy atom. The van der Waals surface area contributed by atoms with E-state index in [-0.39, 0.29) is 11.8 Å². The summed E-state index contributed by atoms with van der Waals surface area (Å²) < 4.78 is 6.16. The van der Waals surface area contributed by atoms with Gasteiger partial charge < -0.3 is 15.1 Å². The molecule has 1 amide bonds. The highest BCUT2D eigenvalue weighted by atomic mass is 32.1. The number of fused-ring (bicyclic) bond motifs is 1. The fraction of sp³-hybridized carbons (Fsp3) is 0.308. The Hall–Kier alpha value is -2.35. The third-order valence-corrected chi connectivity index (χ3v) is 4.28. The van der Waals surface area contributed by atoms with E-state index in [4.69, 9.17) is 4.42 Å². The van der Waals surface area contributed by atoms with E-state index in [0.29, 0.717) is 23.1 Å². The highest BCUT2D eigenvalue weighted by molar-refractivity contribution is 7.22. The normalized spacial score (nSPS) is 14.5. The lowest BCUT2D eigenvalue weighted by Gasteiger charge is -1.99. The average molecular weight is 303 g/mol. The fourth-order valence-corrected chi connectivity index (χ4v) is 2.91. The quantitative estimate of drug-likeness (QED) is 0.673. The van der Waals surface area contributed by atoms with Crippen molar-refractivity contribution in [2.45, 2.75) is 19.4 Å². The van der Waals surface area contributed by atoms with Gasteiger partial charge in [-0.15, -0.1) is 0 Å². The average Bonchev–Trinajstić information content (AvgIpc) is 2.89. The van der Waals surface area contributed by atoms with Gasteiger partial charge in [0.15, 0.2) is 16.6 Å². The standard InChI is InChI=1S/C13H13N5O2S/c19-12(7-3-4-7)16-13-15-11-9(21-13)10(17-18-11)14-6-8-2-1-5-20-8/h1-2,5,7H,3-4,6H2,(H3,14,15,16,17,18,19). The summed E-state index contributed by atoms with van der Waals surface area (Å²) in [4.78, 5) is 16.1. The number of furan rings is 1. The second-order valence-electron chi connectivity index (χ2n) is 4.97. The molecule has 1 fully saturated rings. The van der Waals surface area contributed by atoms with Gasteiger partial charge in [-0.05, 0) is 25.0 Å². The van der Waals surface area contributed by atoms with Crippen molar-refractivity contribution >= 4 is 38.5 Å². The molecule has 1 aliphatic rings. The number of nitrogens with one attached hydrogen (secondary N) is 3. The maximum Gasteiger partial charge on any atom is 0.229 e. The number of anilines is 2. The molecule has 4 rings (SSSR count). The number of aromatic nitrogens is 3. The van der Waals surface area contributed by atoms with Gasteiger partial charge in [0, 0.05) is 5.92 Å². The molecule has 0 radical (unpaired) electrons. The van der Waals surface area contributed by atoms with Gasteiger partial charge in [0.05, 0.1) is 12.8 Å². The minimum atomic E-state index is 0.0597. The number of rotatable bonds is 5. The van der Waals surface area contributed by atoms with E-state index in [9.17, 15) is 4.79 Å². The molecule has 0 spiro atoms. The van der Waals surface area contributed by atoms with Crippen LogP contribution in [0.15, 0.2) is 22.8 Å². The van der Waals surface area contributed by atoms with Crippen LogP contribution in [-0.2, 0) is 11.3 Å². The SMILES string of the molecule is O=C(Nc1nc2[nH]nc(NCc3ccco3)c2s1)C1CC1. The van der Waals surface area contributed by atoms with Crippen molar-refractivity contribution in [2.75, 3.05) is 10.6 Å². The molecule has 8 heteroatoms. The summed E-state index contributed by atoms with van der Waals surface area (Å²) in [6.07, 6.45) is 3.59. The van der Waals surface area contributed by atoms with Crippen LogP contribution >= 0.6 is 11.3 Å². The van der Waals surface area contributed by atoms with Crippen molar-refractivity contribution in [3.8, 4) is 0 Å². The van der Waals surface area contributed by atoms with Crippen molar-refractivity contribution in [3.63, 3.8) is 0 Å². The Morgan fingerprint density at radius 2 is 2.43 bits per heavy atom. The molecule has 3 heterocycles. The molecular formula is C13H13N5O2S. The van der Waals surface area contributed by atoms with Gasteiger partial charge in [0.1, 0.15) is 10.5 Å². The number of nitrogens with zero attached hydrogens (tertiary/aromatic N) is 2. The lowest BCUT2D eigenvalue weighted by atomic mass is 10.4. The largest absolute Gasteiger partial charge is 0.467 e. The maximum atomic E-state index is 11.7. The zero-order valence-corrected chi connectivity index (χ0v) is 11.9. The zero-order valence-electron chi connectivity index (χ0n) is 11.0. The van der Waals surface area contributed by atoms with Crippen LogP contribution in [0.4, 0.5) is 10.9 Å². The van der Waals surface area contributed by atoms with Crippen LogP contribution in [-0.4, -0.2) is 21.1 Å².